The zero-order chi connectivity index (χ0) is 28.5. The topological polar surface area (TPSA) is 62.2 Å². The second-order valence-electron chi connectivity index (χ2n) is 10.6. The van der Waals surface area contributed by atoms with E-state index in [1.54, 1.807) is 0 Å². The third kappa shape index (κ3) is 5.21. The number of aromatic nitrogens is 2. The summed E-state index contributed by atoms with van der Waals surface area (Å²) < 4.78 is 2.29. The maximum Gasteiger partial charge on any atom is 0.226 e. The lowest BCUT2D eigenvalue weighted by molar-refractivity contribution is -0.116. The van der Waals surface area contributed by atoms with Crippen LogP contribution >= 0.6 is 12.2 Å². The predicted molar refractivity (Wildman–Crippen MR) is 169 cm³/mol. The van der Waals surface area contributed by atoms with Gasteiger partial charge in [0.2, 0.25) is 5.91 Å². The van der Waals surface area contributed by atoms with Gasteiger partial charge >= 0.3 is 0 Å². The number of thiocarbonyl (C=S) groups is 1. The Labute approximate surface area is 246 Å². The molecular weight excluding hydrogens is 526 g/mol. The number of hydrogen-bond donors (Lipinski definition) is 2. The highest BCUT2D eigenvalue weighted by molar-refractivity contribution is 7.80. The normalized spacial score (nSPS) is 16.7. The van der Waals surface area contributed by atoms with Gasteiger partial charge in [-0.05, 0) is 80.3 Å². The van der Waals surface area contributed by atoms with Crippen LogP contribution in [0.3, 0.4) is 0 Å². The number of aryl methyl sites for hydroxylation is 2. The smallest absolute Gasteiger partial charge is 0.226 e. The summed E-state index contributed by atoms with van der Waals surface area (Å²) in [6.45, 7) is 6.87. The van der Waals surface area contributed by atoms with Crippen molar-refractivity contribution in [2.45, 2.75) is 39.3 Å². The lowest BCUT2D eigenvalue weighted by atomic mass is 9.96. The second kappa shape index (κ2) is 11.2. The molecule has 1 aliphatic rings. The van der Waals surface area contributed by atoms with Gasteiger partial charge in [-0.15, -0.1) is 0 Å². The molecule has 2 N–H and O–H groups in total. The summed E-state index contributed by atoms with van der Waals surface area (Å²) in [6.07, 6.45) is 2.11. The molecule has 5 aromatic rings. The number of rotatable bonds is 7. The number of carbonyl (C=O) groups excluding carboxylic acids is 1. The summed E-state index contributed by atoms with van der Waals surface area (Å²) >= 11 is 5.88. The Kier molecular flexibility index (Phi) is 7.28. The third-order valence-electron chi connectivity index (χ3n) is 7.92. The van der Waals surface area contributed by atoms with Gasteiger partial charge in [0, 0.05) is 47.3 Å². The molecule has 3 aromatic carbocycles. The Hall–Kier alpha value is -4.49. The molecule has 0 unspecified atom stereocenters. The molecule has 7 heteroatoms. The van der Waals surface area contributed by atoms with E-state index in [-0.39, 0.29) is 18.0 Å². The first kappa shape index (κ1) is 26.7. The van der Waals surface area contributed by atoms with Crippen LogP contribution in [0.25, 0.3) is 16.5 Å². The van der Waals surface area contributed by atoms with Gasteiger partial charge in [-0.25, -0.2) is 0 Å². The van der Waals surface area contributed by atoms with Crippen molar-refractivity contribution in [1.82, 2.24) is 19.8 Å². The molecule has 1 saturated heterocycles. The van der Waals surface area contributed by atoms with Crippen molar-refractivity contribution in [3.8, 4) is 5.69 Å². The molecule has 0 aliphatic carbocycles. The van der Waals surface area contributed by atoms with Crippen LogP contribution in [0.15, 0.2) is 97.2 Å². The number of pyridine rings is 1. The van der Waals surface area contributed by atoms with Crippen LogP contribution in [0.2, 0.25) is 0 Å². The van der Waals surface area contributed by atoms with Gasteiger partial charge in [0.15, 0.2) is 5.11 Å². The summed E-state index contributed by atoms with van der Waals surface area (Å²) in [5.41, 5.74) is 7.55. The summed E-state index contributed by atoms with van der Waals surface area (Å²) in [6, 6.07) is 30.6. The van der Waals surface area contributed by atoms with Crippen molar-refractivity contribution in [2.75, 3.05) is 11.9 Å². The van der Waals surface area contributed by atoms with Crippen LogP contribution < -0.4 is 10.6 Å². The number of benzene rings is 3. The van der Waals surface area contributed by atoms with Gasteiger partial charge in [-0.3, -0.25) is 9.78 Å². The van der Waals surface area contributed by atoms with Gasteiger partial charge in [-0.1, -0.05) is 60.2 Å². The maximum atomic E-state index is 13.2. The van der Waals surface area contributed by atoms with E-state index < -0.39 is 0 Å². The quantitative estimate of drug-likeness (QED) is 0.211. The van der Waals surface area contributed by atoms with Crippen LogP contribution in [0, 0.1) is 20.8 Å². The molecular formula is C34H33N5OS. The molecule has 41 heavy (non-hydrogen) atoms. The summed E-state index contributed by atoms with van der Waals surface area (Å²) in [5, 5.41) is 9.40. The van der Waals surface area contributed by atoms with Crippen LogP contribution in [0.1, 0.15) is 46.7 Å². The first-order valence-electron chi connectivity index (χ1n) is 13.9. The van der Waals surface area contributed by atoms with Crippen LogP contribution in [0.5, 0.6) is 0 Å². The Morgan fingerprint density at radius 2 is 1.71 bits per heavy atom. The van der Waals surface area contributed by atoms with Crippen molar-refractivity contribution in [3.05, 3.63) is 125 Å². The van der Waals surface area contributed by atoms with E-state index in [0.717, 1.165) is 39.2 Å². The van der Waals surface area contributed by atoms with Gasteiger partial charge in [0.1, 0.15) is 0 Å². The molecule has 0 bridgehead atoms. The van der Waals surface area contributed by atoms with Gasteiger partial charge in [0.25, 0.3) is 0 Å². The average molecular weight is 560 g/mol. The van der Waals surface area contributed by atoms with E-state index in [9.17, 15) is 4.79 Å². The number of nitrogens with one attached hydrogen (secondary N) is 2. The Morgan fingerprint density at radius 1 is 0.951 bits per heavy atom. The van der Waals surface area contributed by atoms with Crippen LogP contribution in [0.4, 0.5) is 5.69 Å². The fourth-order valence-corrected chi connectivity index (χ4v) is 6.26. The second-order valence-corrected chi connectivity index (χ2v) is 11.0. The fraction of sp³-hybridized carbons (Fsp3) is 0.206. The number of fused-ring (bicyclic) bond motifs is 1. The van der Waals surface area contributed by atoms with E-state index in [2.05, 4.69) is 88.3 Å². The molecule has 2 aromatic heterocycles. The number of carbonyl (C=O) groups is 1. The molecule has 2 atom stereocenters. The van der Waals surface area contributed by atoms with Crippen molar-refractivity contribution in [3.63, 3.8) is 0 Å². The molecule has 6 rings (SSSR count). The third-order valence-corrected chi connectivity index (χ3v) is 8.27. The summed E-state index contributed by atoms with van der Waals surface area (Å²) in [7, 11) is 0. The maximum absolute atomic E-state index is 13.2. The largest absolute Gasteiger partial charge is 0.352 e. The molecule has 3 heterocycles. The number of amides is 1. The molecule has 0 spiro atoms. The molecule has 0 saturated carbocycles. The Balaban J connectivity index is 1.31. The predicted octanol–water partition coefficient (Wildman–Crippen LogP) is 6.95. The van der Waals surface area contributed by atoms with E-state index >= 15 is 0 Å². The lowest BCUT2D eigenvalue weighted by Crippen LogP contribution is -2.33. The zero-order valence-electron chi connectivity index (χ0n) is 23.5. The number of nitrogens with zero attached hydrogens (tertiary/aromatic N) is 3. The van der Waals surface area contributed by atoms with Crippen molar-refractivity contribution in [1.29, 1.82) is 0 Å². The van der Waals surface area contributed by atoms with E-state index in [1.807, 2.05) is 54.7 Å². The highest BCUT2D eigenvalue weighted by atomic mass is 32.1. The number of anilines is 1. The van der Waals surface area contributed by atoms with Crippen LogP contribution in [-0.4, -0.2) is 32.0 Å². The van der Waals surface area contributed by atoms with E-state index in [0.29, 0.717) is 18.1 Å². The standard InChI is InChI=1S/C34H33N5OS/c1-22-14-16-26(17-15-22)39-23(2)21-28(24(39)3)33-32(30-12-6-7-19-35-30)37-34(41)38(33)20-18-31(40)36-29-13-8-10-25-9-4-5-11-27(25)29/h4-17,19,21,32-33H,18,20H2,1-3H3,(H,36,40)(H,37,41)/t32-,33-/m0/s1. The first-order valence-corrected chi connectivity index (χ1v) is 14.3. The average Bonchev–Trinajstić information content (AvgIpc) is 3.47. The SMILES string of the molecule is Cc1ccc(-n2c(C)cc([C@H]3[C@H](c4ccccn4)NC(=S)N3CCC(=O)Nc3cccc4ccccc34)c2C)cc1. The highest BCUT2D eigenvalue weighted by Gasteiger charge is 2.41. The zero-order valence-corrected chi connectivity index (χ0v) is 24.3. The first-order chi connectivity index (χ1) is 19.9. The van der Waals surface area contributed by atoms with E-state index in [4.69, 9.17) is 12.2 Å². The van der Waals surface area contributed by atoms with Gasteiger partial charge in [0.05, 0.1) is 17.8 Å². The lowest BCUT2D eigenvalue weighted by Gasteiger charge is -2.28. The minimum absolute atomic E-state index is 0.0469. The Bertz CT molecular complexity index is 1720. The molecule has 206 valence electrons. The van der Waals surface area contributed by atoms with Gasteiger partial charge in [-0.2, -0.15) is 0 Å². The minimum Gasteiger partial charge on any atom is -0.352 e. The molecule has 1 fully saturated rings. The molecule has 1 amide bonds. The van der Waals surface area contributed by atoms with Gasteiger partial charge < -0.3 is 20.1 Å². The summed E-state index contributed by atoms with van der Waals surface area (Å²) in [5.74, 6) is -0.0469. The highest BCUT2D eigenvalue weighted by Crippen LogP contribution is 2.41. The minimum atomic E-state index is -0.142. The number of hydrogen-bond acceptors (Lipinski definition) is 3. The summed E-state index contributed by atoms with van der Waals surface area (Å²) in [4.78, 5) is 20.1. The van der Waals surface area contributed by atoms with Crippen molar-refractivity contribution in [2.24, 2.45) is 0 Å². The fourth-order valence-electron chi connectivity index (χ4n) is 5.93. The van der Waals surface area contributed by atoms with E-state index in [1.165, 1.54) is 11.1 Å². The molecule has 1 aliphatic heterocycles. The van der Waals surface area contributed by atoms with Crippen LogP contribution in [-0.2, 0) is 4.79 Å². The molecule has 6 nitrogen and oxygen atoms in total. The Morgan fingerprint density at radius 3 is 2.49 bits per heavy atom. The van der Waals surface area contributed by atoms with Crippen molar-refractivity contribution >= 4 is 39.7 Å². The monoisotopic (exact) mass is 559 g/mol. The molecule has 0 radical (unpaired) electrons. The van der Waals surface area contributed by atoms with Crippen molar-refractivity contribution < 1.29 is 4.79 Å².